The predicted molar refractivity (Wildman–Crippen MR) is 113 cm³/mol. The van der Waals surface area contributed by atoms with Crippen molar-refractivity contribution in [3.05, 3.63) is 65.2 Å². The van der Waals surface area contributed by atoms with Crippen molar-refractivity contribution >= 4 is 17.4 Å². The highest BCUT2D eigenvalue weighted by atomic mass is 16.3. The number of aliphatic hydroxyl groups is 1. The fraction of sp³-hybridized carbons (Fsp3) is 0.417. The molecule has 4 rings (SSSR count). The number of aliphatic hydroxyl groups excluding tert-OH is 1. The second kappa shape index (κ2) is 8.89. The number of β-amino-alcohol motifs (C(OH)–C–C–N with tert-alkyl or cyclic N) is 1. The Morgan fingerprint density at radius 1 is 1.10 bits per heavy atom. The van der Waals surface area contributed by atoms with E-state index in [-0.39, 0.29) is 11.7 Å². The van der Waals surface area contributed by atoms with Crippen molar-refractivity contribution in [1.29, 1.82) is 0 Å². The van der Waals surface area contributed by atoms with Crippen molar-refractivity contribution in [2.24, 2.45) is 5.92 Å². The smallest absolute Gasteiger partial charge is 0.224 e. The molecule has 1 saturated heterocycles. The van der Waals surface area contributed by atoms with Gasteiger partial charge in [-0.3, -0.25) is 9.59 Å². The molecule has 2 aromatic carbocycles. The van der Waals surface area contributed by atoms with E-state index in [1.54, 1.807) is 0 Å². The number of fused-ring (bicyclic) bond motifs is 1. The lowest BCUT2D eigenvalue weighted by molar-refractivity contribution is -0.116. The second-order valence-electron chi connectivity index (χ2n) is 8.22. The molecule has 0 bridgehead atoms. The quantitative estimate of drug-likeness (QED) is 0.737. The van der Waals surface area contributed by atoms with E-state index >= 15 is 0 Å². The summed E-state index contributed by atoms with van der Waals surface area (Å²) in [4.78, 5) is 26.2. The number of piperidine rings is 1. The Hall–Kier alpha value is -2.50. The third-order valence-electron chi connectivity index (χ3n) is 6.12. The Morgan fingerprint density at radius 3 is 2.62 bits per heavy atom. The van der Waals surface area contributed by atoms with Gasteiger partial charge in [0.05, 0.1) is 6.10 Å². The van der Waals surface area contributed by atoms with E-state index < -0.39 is 6.10 Å². The highest BCUT2D eigenvalue weighted by molar-refractivity contribution is 5.96. The predicted octanol–water partition coefficient (Wildman–Crippen LogP) is 3.59. The number of likely N-dealkylation sites (tertiary alicyclic amines) is 1. The third kappa shape index (κ3) is 4.92. The van der Waals surface area contributed by atoms with Gasteiger partial charge >= 0.3 is 0 Å². The molecule has 29 heavy (non-hydrogen) atoms. The number of hydrogen-bond donors (Lipinski definition) is 2. The number of amides is 1. The molecule has 152 valence electrons. The molecule has 2 N–H and O–H groups in total. The molecule has 5 nitrogen and oxygen atoms in total. The number of aryl methyl sites for hydroxylation is 1. The number of nitrogens with zero attached hydrogens (tertiary/aromatic N) is 1. The minimum absolute atomic E-state index is 0.0550. The van der Waals surface area contributed by atoms with Gasteiger partial charge in [0.15, 0.2) is 5.78 Å². The summed E-state index contributed by atoms with van der Waals surface area (Å²) in [5, 5.41) is 13.6. The van der Waals surface area contributed by atoms with Crippen LogP contribution in [0.15, 0.2) is 48.5 Å². The molecule has 2 aliphatic rings. The lowest BCUT2D eigenvalue weighted by Crippen LogP contribution is -2.37. The fourth-order valence-corrected chi connectivity index (χ4v) is 4.34. The zero-order chi connectivity index (χ0) is 20.2. The van der Waals surface area contributed by atoms with Gasteiger partial charge < -0.3 is 15.3 Å². The van der Waals surface area contributed by atoms with Gasteiger partial charge in [0, 0.05) is 30.6 Å². The molecule has 0 aliphatic carbocycles. The Morgan fingerprint density at radius 2 is 1.86 bits per heavy atom. The Kier molecular flexibility index (Phi) is 6.07. The molecule has 1 unspecified atom stereocenters. The number of Topliss-reactive ketones (excluding diaryl/α,β-unsaturated/α-hetero) is 1. The number of carbonyl (C=O) groups excluding carboxylic acids is 2. The molecule has 2 aromatic rings. The Balaban J connectivity index is 1.27. The van der Waals surface area contributed by atoms with Crippen molar-refractivity contribution in [2.45, 2.75) is 38.2 Å². The van der Waals surface area contributed by atoms with Crippen LogP contribution >= 0.6 is 0 Å². The molecule has 2 heterocycles. The normalized spacial score (nSPS) is 18.7. The van der Waals surface area contributed by atoms with Crippen molar-refractivity contribution in [3.63, 3.8) is 0 Å². The maximum Gasteiger partial charge on any atom is 0.224 e. The second-order valence-corrected chi connectivity index (χ2v) is 8.22. The van der Waals surface area contributed by atoms with Gasteiger partial charge in [0.25, 0.3) is 0 Å². The van der Waals surface area contributed by atoms with E-state index in [1.165, 1.54) is 0 Å². The van der Waals surface area contributed by atoms with Gasteiger partial charge in [-0.15, -0.1) is 0 Å². The van der Waals surface area contributed by atoms with Crippen molar-refractivity contribution < 1.29 is 14.7 Å². The third-order valence-corrected chi connectivity index (χ3v) is 6.12. The molecule has 2 aliphatic heterocycles. The maximum absolute atomic E-state index is 12.4. The van der Waals surface area contributed by atoms with E-state index in [1.807, 2.05) is 48.5 Å². The van der Waals surface area contributed by atoms with E-state index in [0.29, 0.717) is 25.3 Å². The van der Waals surface area contributed by atoms with Crippen LogP contribution in [0.1, 0.15) is 53.3 Å². The summed E-state index contributed by atoms with van der Waals surface area (Å²) < 4.78 is 0. The average Bonchev–Trinajstić information content (AvgIpc) is 2.75. The molecule has 1 fully saturated rings. The first-order valence-electron chi connectivity index (χ1n) is 10.5. The number of hydrogen-bond acceptors (Lipinski definition) is 4. The number of anilines is 1. The summed E-state index contributed by atoms with van der Waals surface area (Å²) in [5.41, 5.74) is 3.66. The Bertz CT molecular complexity index is 873. The van der Waals surface area contributed by atoms with Crippen LogP contribution in [0.4, 0.5) is 5.69 Å². The van der Waals surface area contributed by atoms with Crippen molar-refractivity contribution in [1.82, 2.24) is 4.90 Å². The lowest BCUT2D eigenvalue weighted by atomic mass is 9.89. The first-order chi connectivity index (χ1) is 14.1. The largest absolute Gasteiger partial charge is 0.387 e. The highest BCUT2D eigenvalue weighted by Crippen LogP contribution is 2.28. The lowest BCUT2D eigenvalue weighted by Gasteiger charge is -2.33. The van der Waals surface area contributed by atoms with E-state index in [0.717, 1.165) is 54.7 Å². The molecule has 1 amide bonds. The van der Waals surface area contributed by atoms with Crippen LogP contribution in [0.3, 0.4) is 0 Å². The monoisotopic (exact) mass is 392 g/mol. The summed E-state index contributed by atoms with van der Waals surface area (Å²) in [6.07, 6.45) is 3.27. The van der Waals surface area contributed by atoms with Crippen LogP contribution in [-0.2, 0) is 11.2 Å². The molecule has 5 heteroatoms. The summed E-state index contributed by atoms with van der Waals surface area (Å²) in [7, 11) is 0. The molecule has 0 saturated carbocycles. The highest BCUT2D eigenvalue weighted by Gasteiger charge is 2.24. The molecule has 0 radical (unpaired) electrons. The van der Waals surface area contributed by atoms with Crippen LogP contribution in [0, 0.1) is 5.92 Å². The van der Waals surface area contributed by atoms with Crippen molar-refractivity contribution in [3.8, 4) is 0 Å². The van der Waals surface area contributed by atoms with Crippen molar-refractivity contribution in [2.75, 3.05) is 25.0 Å². The minimum Gasteiger partial charge on any atom is -0.387 e. The molecule has 1 atom stereocenters. The summed E-state index contributed by atoms with van der Waals surface area (Å²) in [5.74, 6) is 0.702. The van der Waals surface area contributed by atoms with Gasteiger partial charge in [0.2, 0.25) is 5.91 Å². The minimum atomic E-state index is -0.541. The number of benzene rings is 2. The fourth-order valence-electron chi connectivity index (χ4n) is 4.34. The summed E-state index contributed by atoms with van der Waals surface area (Å²) in [6, 6.07) is 15.3. The molecular weight excluding hydrogens is 364 g/mol. The topological polar surface area (TPSA) is 69.6 Å². The number of rotatable bonds is 6. The van der Waals surface area contributed by atoms with Gasteiger partial charge in [0.1, 0.15) is 0 Å². The molecule has 0 aromatic heterocycles. The average molecular weight is 392 g/mol. The molecular formula is C24H28N2O3. The number of nitrogens with one attached hydrogen (secondary N) is 1. The van der Waals surface area contributed by atoms with Crippen LogP contribution in [-0.4, -0.2) is 41.3 Å². The summed E-state index contributed by atoms with van der Waals surface area (Å²) >= 11 is 0. The van der Waals surface area contributed by atoms with Crippen LogP contribution in [0.25, 0.3) is 0 Å². The first kappa shape index (κ1) is 19.8. The number of carbonyl (C=O) groups is 2. The van der Waals surface area contributed by atoms with Crippen LogP contribution in [0.2, 0.25) is 0 Å². The van der Waals surface area contributed by atoms with Crippen LogP contribution in [0.5, 0.6) is 0 Å². The maximum atomic E-state index is 12.4. The van der Waals surface area contributed by atoms with Gasteiger partial charge in [-0.2, -0.15) is 0 Å². The van der Waals surface area contributed by atoms with E-state index in [2.05, 4.69) is 10.2 Å². The first-order valence-corrected chi connectivity index (χ1v) is 10.5. The zero-order valence-electron chi connectivity index (χ0n) is 16.6. The van der Waals surface area contributed by atoms with Gasteiger partial charge in [-0.05, 0) is 55.5 Å². The van der Waals surface area contributed by atoms with E-state index in [4.69, 9.17) is 0 Å². The van der Waals surface area contributed by atoms with Gasteiger partial charge in [-0.25, -0.2) is 0 Å². The zero-order valence-corrected chi connectivity index (χ0v) is 16.6. The Labute approximate surface area is 171 Å². The van der Waals surface area contributed by atoms with Crippen LogP contribution < -0.4 is 5.32 Å². The van der Waals surface area contributed by atoms with Gasteiger partial charge in [-0.1, -0.05) is 42.5 Å². The summed E-state index contributed by atoms with van der Waals surface area (Å²) in [6.45, 7) is 2.42. The molecule has 0 spiro atoms. The SMILES string of the molecule is O=C1CCc2cc(C(O)CN3CCC(CC(=O)c4ccccc4)CC3)ccc2N1. The number of ketones is 1. The standard InChI is InChI=1S/C24H28N2O3/c27-22(18-4-2-1-3-5-18)14-17-10-12-26(13-11-17)16-23(28)20-6-8-21-19(15-20)7-9-24(29)25-21/h1-6,8,15,17,23,28H,7,9-14,16H2,(H,25,29). The van der Waals surface area contributed by atoms with E-state index in [9.17, 15) is 14.7 Å².